The molecular formula is C46H56N12O10S. The fraction of sp³-hybridized carbons (Fsp3) is 0.457. The lowest BCUT2D eigenvalue weighted by Crippen LogP contribution is -2.49. The highest BCUT2D eigenvalue weighted by Gasteiger charge is 2.27. The molecule has 3 amide bonds. The zero-order valence-corrected chi connectivity index (χ0v) is 39.6. The van der Waals surface area contributed by atoms with Crippen molar-refractivity contribution in [2.75, 3.05) is 99.8 Å². The van der Waals surface area contributed by atoms with Gasteiger partial charge in [-0.25, -0.2) is 15.0 Å². The number of anilines is 5. The molecule has 0 radical (unpaired) electrons. The third-order valence-electron chi connectivity index (χ3n) is 11.7. The van der Waals surface area contributed by atoms with Crippen molar-refractivity contribution in [2.24, 2.45) is 0 Å². The van der Waals surface area contributed by atoms with Crippen molar-refractivity contribution in [3.8, 4) is 0 Å². The number of nitrogens with one attached hydrogen (secondary N) is 4. The lowest BCUT2D eigenvalue weighted by Gasteiger charge is -2.35. The predicted molar refractivity (Wildman–Crippen MR) is 259 cm³/mol. The van der Waals surface area contributed by atoms with Crippen LogP contribution in [0.3, 0.4) is 0 Å². The smallest absolute Gasteiger partial charge is 0.348 e. The van der Waals surface area contributed by atoms with Crippen LogP contribution < -0.4 is 31.7 Å². The van der Waals surface area contributed by atoms with Crippen molar-refractivity contribution in [1.82, 2.24) is 34.7 Å². The summed E-state index contributed by atoms with van der Waals surface area (Å²) in [5.74, 6) is -0.413. The van der Waals surface area contributed by atoms with E-state index in [1.54, 1.807) is 42.1 Å². The number of aromatic nitrogens is 5. The van der Waals surface area contributed by atoms with Gasteiger partial charge < -0.3 is 35.1 Å². The molecule has 4 N–H and O–H groups in total. The highest BCUT2D eigenvalue weighted by Crippen LogP contribution is 2.33. The van der Waals surface area contributed by atoms with Gasteiger partial charge in [0.2, 0.25) is 17.8 Å². The lowest BCUT2D eigenvalue weighted by molar-refractivity contribution is -0.380. The number of pyridine rings is 2. The number of piperazine rings is 1. The number of aryl methyl sites for hydroxylation is 2. The Hall–Kier alpha value is -6.79. The van der Waals surface area contributed by atoms with Gasteiger partial charge in [-0.05, 0) is 74.8 Å². The van der Waals surface area contributed by atoms with E-state index in [0.29, 0.717) is 74.4 Å². The molecule has 1 saturated carbocycles. The third-order valence-corrected chi connectivity index (χ3v) is 12.8. The Morgan fingerprint density at radius 1 is 0.855 bits per heavy atom. The van der Waals surface area contributed by atoms with Gasteiger partial charge in [0.1, 0.15) is 17.2 Å². The number of carbonyl (C=O) groups is 4. The number of Topliss-reactive ketones (excluding diaryl/α,β-unsaturated/α-hetero) is 1. The summed E-state index contributed by atoms with van der Waals surface area (Å²) in [6.07, 6.45) is 7.26. The van der Waals surface area contributed by atoms with Gasteiger partial charge in [0, 0.05) is 50.3 Å². The van der Waals surface area contributed by atoms with Crippen molar-refractivity contribution < 1.29 is 38.3 Å². The van der Waals surface area contributed by atoms with Gasteiger partial charge in [0.15, 0.2) is 10.9 Å². The molecule has 1 aliphatic carbocycles. The van der Waals surface area contributed by atoms with Crippen LogP contribution in [0.15, 0.2) is 53.6 Å². The summed E-state index contributed by atoms with van der Waals surface area (Å²) in [5.41, 5.74) is 2.61. The number of hydrogen-bond donors (Lipinski definition) is 4. The molecule has 0 atom stereocenters. The number of amides is 3. The van der Waals surface area contributed by atoms with E-state index in [1.165, 1.54) is 19.9 Å². The SMILES string of the molecule is CC(=O)c1c(C)c2cnc(Nc3ccc(N4CCN(CC(=O)NCCOCCOCCOCCC(=O)Nc5ccccc5C(=O)Nc5nc(C)c([N+](=O)[O-])s5)CC4)cn3)nc2n(C2CCCC2)c1=O. The maximum absolute atomic E-state index is 13.6. The fourth-order valence-electron chi connectivity index (χ4n) is 8.24. The Morgan fingerprint density at radius 3 is 2.25 bits per heavy atom. The molecule has 1 aromatic carbocycles. The van der Waals surface area contributed by atoms with Crippen LogP contribution in [-0.4, -0.2) is 137 Å². The largest absolute Gasteiger partial charge is 0.379 e. The van der Waals surface area contributed by atoms with Gasteiger partial charge in [0.25, 0.3) is 11.5 Å². The van der Waals surface area contributed by atoms with E-state index in [9.17, 15) is 34.1 Å². The summed E-state index contributed by atoms with van der Waals surface area (Å²) < 4.78 is 18.3. The van der Waals surface area contributed by atoms with Crippen LogP contribution in [-0.2, 0) is 23.8 Å². The number of nitro groups is 1. The number of fused-ring (bicyclic) bond motifs is 1. The van der Waals surface area contributed by atoms with Crippen molar-refractivity contribution in [3.63, 3.8) is 0 Å². The minimum absolute atomic E-state index is 0.0131. The van der Waals surface area contributed by atoms with E-state index in [-0.39, 0.29) is 88.0 Å². The Balaban J connectivity index is 0.723. The summed E-state index contributed by atoms with van der Waals surface area (Å²) in [4.78, 5) is 96.8. The van der Waals surface area contributed by atoms with E-state index in [4.69, 9.17) is 19.2 Å². The average molecular weight is 969 g/mol. The number of carbonyl (C=O) groups excluding carboxylic acids is 4. The van der Waals surface area contributed by atoms with Gasteiger partial charge >= 0.3 is 5.00 Å². The van der Waals surface area contributed by atoms with Crippen molar-refractivity contribution in [2.45, 2.75) is 58.9 Å². The first kappa shape index (κ1) is 50.1. The summed E-state index contributed by atoms with van der Waals surface area (Å²) >= 11 is 0.752. The van der Waals surface area contributed by atoms with E-state index >= 15 is 0 Å². The molecule has 0 unspecified atom stereocenters. The minimum Gasteiger partial charge on any atom is -0.379 e. The molecule has 23 heteroatoms. The predicted octanol–water partition coefficient (Wildman–Crippen LogP) is 4.80. The Kier molecular flexibility index (Phi) is 17.4. The molecule has 0 bridgehead atoms. The van der Waals surface area contributed by atoms with Crippen LogP contribution >= 0.6 is 11.3 Å². The number of hydrogen-bond acceptors (Lipinski definition) is 18. The number of ether oxygens (including phenoxy) is 3. The molecule has 5 heterocycles. The van der Waals surface area contributed by atoms with Gasteiger partial charge in [-0.15, -0.1) is 0 Å². The van der Waals surface area contributed by atoms with E-state index in [0.717, 1.165) is 55.8 Å². The second-order valence-electron chi connectivity index (χ2n) is 16.5. The van der Waals surface area contributed by atoms with Gasteiger partial charge in [0.05, 0.1) is 86.2 Å². The number of para-hydroxylation sites is 1. The zero-order chi connectivity index (χ0) is 48.9. The zero-order valence-electron chi connectivity index (χ0n) is 38.8. The summed E-state index contributed by atoms with van der Waals surface area (Å²) in [6.45, 7) is 9.88. The monoisotopic (exact) mass is 968 g/mol. The van der Waals surface area contributed by atoms with Crippen molar-refractivity contribution in [3.05, 3.63) is 91.6 Å². The molecule has 7 rings (SSSR count). The maximum atomic E-state index is 13.6. The number of nitrogens with zero attached hydrogens (tertiary/aromatic N) is 8. The molecule has 2 fully saturated rings. The molecular weight excluding hydrogens is 913 g/mol. The van der Waals surface area contributed by atoms with Crippen LogP contribution in [0.5, 0.6) is 0 Å². The topological polar surface area (TPSA) is 267 Å². The summed E-state index contributed by atoms with van der Waals surface area (Å²) in [5, 5.41) is 23.1. The first-order valence-electron chi connectivity index (χ1n) is 22.8. The number of benzene rings is 1. The highest BCUT2D eigenvalue weighted by molar-refractivity contribution is 7.19. The molecule has 22 nitrogen and oxygen atoms in total. The number of ketones is 1. The second kappa shape index (κ2) is 24.0. The van der Waals surface area contributed by atoms with Crippen LogP contribution in [0.1, 0.15) is 77.0 Å². The van der Waals surface area contributed by atoms with Crippen LogP contribution in [0.2, 0.25) is 0 Å². The Labute approximate surface area is 401 Å². The van der Waals surface area contributed by atoms with Crippen LogP contribution in [0.25, 0.3) is 11.0 Å². The third kappa shape index (κ3) is 13.3. The summed E-state index contributed by atoms with van der Waals surface area (Å²) in [6, 6.07) is 10.2. The van der Waals surface area contributed by atoms with E-state index in [2.05, 4.69) is 46.0 Å². The first-order valence-corrected chi connectivity index (χ1v) is 23.6. The van der Waals surface area contributed by atoms with Crippen molar-refractivity contribution in [1.29, 1.82) is 0 Å². The number of thiazole rings is 1. The van der Waals surface area contributed by atoms with Crippen LogP contribution in [0, 0.1) is 24.0 Å². The van der Waals surface area contributed by atoms with Gasteiger partial charge in [-0.3, -0.25) is 48.9 Å². The first-order chi connectivity index (χ1) is 33.4. The molecule has 5 aromatic rings. The molecule has 69 heavy (non-hydrogen) atoms. The lowest BCUT2D eigenvalue weighted by atomic mass is 10.0. The van der Waals surface area contributed by atoms with Crippen LogP contribution in [0.4, 0.5) is 33.3 Å². The Bertz CT molecular complexity index is 2700. The normalized spacial score (nSPS) is 14.2. The summed E-state index contributed by atoms with van der Waals surface area (Å²) in [7, 11) is 0. The average Bonchev–Trinajstić information content (AvgIpc) is 4.00. The maximum Gasteiger partial charge on any atom is 0.348 e. The molecule has 0 spiro atoms. The standard InChI is InChI=1S/C46H56N12O10S/c1-29-35-27-49-45(53-41(35)57(32-8-4-5-9-32)43(63)40(29)31(3)59)52-37-13-12-33(26-48-37)56-18-16-55(17-19-56)28-39(61)47-15-21-67-23-25-68-24-22-66-20-14-38(60)51-36-11-7-6-10-34(36)42(62)54-46-50-30(2)44(69-46)58(64)65/h6-7,10-13,26-27,32H,4-5,8-9,14-25,28H2,1-3H3,(H,47,61)(H,51,60)(H,50,54,62)(H,48,49,52,53). The fourth-order valence-corrected chi connectivity index (χ4v) is 9.02. The van der Waals surface area contributed by atoms with E-state index < -0.39 is 10.8 Å². The van der Waals surface area contributed by atoms with Gasteiger partial charge in [-0.2, -0.15) is 4.98 Å². The molecule has 2 aliphatic rings. The Morgan fingerprint density at radius 2 is 1.57 bits per heavy atom. The molecule has 4 aromatic heterocycles. The highest BCUT2D eigenvalue weighted by atomic mass is 32.1. The molecule has 1 aliphatic heterocycles. The van der Waals surface area contributed by atoms with E-state index in [1.807, 2.05) is 12.1 Å². The van der Waals surface area contributed by atoms with Gasteiger partial charge in [-0.1, -0.05) is 25.0 Å². The molecule has 366 valence electrons. The minimum atomic E-state index is -0.569. The second-order valence-corrected chi connectivity index (χ2v) is 17.5. The quantitative estimate of drug-likeness (QED) is 0.0296. The molecule has 1 saturated heterocycles. The van der Waals surface area contributed by atoms with Crippen molar-refractivity contribution >= 4 is 79.1 Å². The number of rotatable bonds is 23.